The van der Waals surface area contributed by atoms with Crippen molar-refractivity contribution in [2.45, 2.75) is 39.8 Å². The van der Waals surface area contributed by atoms with Gasteiger partial charge < -0.3 is 13.9 Å². The summed E-state index contributed by atoms with van der Waals surface area (Å²) in [5.41, 5.74) is 0. The van der Waals surface area contributed by atoms with Crippen molar-refractivity contribution in [2.24, 2.45) is 0 Å². The third-order valence-corrected chi connectivity index (χ3v) is 2.96. The number of hydrogen-bond acceptors (Lipinski definition) is 5. The average molecular weight is 309 g/mol. The quantitative estimate of drug-likeness (QED) is 0.545. The molecule has 0 saturated carbocycles. The minimum Gasteiger partial charge on any atom is -0.467 e. The minimum absolute atomic E-state index is 0.144. The SMILES string of the molecule is CCOC(=O)/C=C/CC(C)N(Cc1ccco1)C(=O)OCC. The lowest BCUT2D eigenvalue weighted by molar-refractivity contribution is -0.137. The van der Waals surface area contributed by atoms with Gasteiger partial charge in [-0.15, -0.1) is 0 Å². The second-order valence-electron chi connectivity index (χ2n) is 4.65. The fraction of sp³-hybridized carbons (Fsp3) is 0.500. The predicted octanol–water partition coefficient (Wildman–Crippen LogP) is 3.14. The van der Waals surface area contributed by atoms with Crippen LogP contribution in [0.3, 0.4) is 0 Å². The number of esters is 1. The van der Waals surface area contributed by atoms with E-state index in [0.717, 1.165) is 0 Å². The van der Waals surface area contributed by atoms with E-state index in [1.165, 1.54) is 6.08 Å². The van der Waals surface area contributed by atoms with E-state index in [1.807, 2.05) is 6.92 Å². The Morgan fingerprint density at radius 3 is 2.64 bits per heavy atom. The molecule has 6 nitrogen and oxygen atoms in total. The Labute approximate surface area is 130 Å². The molecule has 0 bridgehead atoms. The lowest BCUT2D eigenvalue weighted by Gasteiger charge is -2.26. The molecule has 1 rings (SSSR count). The molecule has 1 aromatic heterocycles. The highest BCUT2D eigenvalue weighted by Gasteiger charge is 2.21. The van der Waals surface area contributed by atoms with Crippen molar-refractivity contribution in [3.63, 3.8) is 0 Å². The first kappa shape index (κ1) is 17.8. The molecule has 1 unspecified atom stereocenters. The Morgan fingerprint density at radius 1 is 1.32 bits per heavy atom. The Morgan fingerprint density at radius 2 is 2.05 bits per heavy atom. The highest BCUT2D eigenvalue weighted by Crippen LogP contribution is 2.13. The van der Waals surface area contributed by atoms with Gasteiger partial charge in [0.05, 0.1) is 26.0 Å². The van der Waals surface area contributed by atoms with Crippen molar-refractivity contribution < 1.29 is 23.5 Å². The van der Waals surface area contributed by atoms with Crippen LogP contribution in [0.5, 0.6) is 0 Å². The summed E-state index contributed by atoms with van der Waals surface area (Å²) in [4.78, 5) is 24.9. The van der Waals surface area contributed by atoms with Gasteiger partial charge in [-0.25, -0.2) is 9.59 Å². The van der Waals surface area contributed by atoms with E-state index < -0.39 is 6.09 Å². The Bertz CT molecular complexity index is 481. The first-order valence-corrected chi connectivity index (χ1v) is 7.37. The van der Waals surface area contributed by atoms with Gasteiger partial charge in [0.2, 0.25) is 0 Å². The van der Waals surface area contributed by atoms with Crippen LogP contribution in [0.4, 0.5) is 4.79 Å². The lowest BCUT2D eigenvalue weighted by atomic mass is 10.2. The molecule has 6 heteroatoms. The van der Waals surface area contributed by atoms with Gasteiger partial charge in [0.15, 0.2) is 0 Å². The molecule has 1 aromatic rings. The van der Waals surface area contributed by atoms with Gasteiger partial charge in [-0.3, -0.25) is 4.90 Å². The topological polar surface area (TPSA) is 69.0 Å². The first-order valence-electron chi connectivity index (χ1n) is 7.37. The monoisotopic (exact) mass is 309 g/mol. The smallest absolute Gasteiger partial charge is 0.410 e. The van der Waals surface area contributed by atoms with Crippen molar-refractivity contribution in [3.8, 4) is 0 Å². The van der Waals surface area contributed by atoms with Gasteiger partial charge in [0.25, 0.3) is 0 Å². The van der Waals surface area contributed by atoms with E-state index in [4.69, 9.17) is 13.9 Å². The third kappa shape index (κ3) is 6.03. The largest absolute Gasteiger partial charge is 0.467 e. The van der Waals surface area contributed by atoms with Crippen molar-refractivity contribution in [3.05, 3.63) is 36.3 Å². The maximum Gasteiger partial charge on any atom is 0.410 e. The molecule has 0 spiro atoms. The molecule has 0 aromatic carbocycles. The van der Waals surface area contributed by atoms with Crippen molar-refractivity contribution in [1.82, 2.24) is 4.90 Å². The molecule has 1 heterocycles. The maximum atomic E-state index is 12.1. The zero-order valence-corrected chi connectivity index (χ0v) is 13.3. The van der Waals surface area contributed by atoms with Gasteiger partial charge in [-0.05, 0) is 39.3 Å². The van der Waals surface area contributed by atoms with E-state index >= 15 is 0 Å². The number of carbonyl (C=O) groups excluding carboxylic acids is 2. The second-order valence-corrected chi connectivity index (χ2v) is 4.65. The van der Waals surface area contributed by atoms with E-state index in [0.29, 0.717) is 31.9 Å². The van der Waals surface area contributed by atoms with Crippen molar-refractivity contribution in [1.29, 1.82) is 0 Å². The Balaban J connectivity index is 2.64. The van der Waals surface area contributed by atoms with Crippen LogP contribution in [0, 0.1) is 0 Å². The molecule has 0 aliphatic rings. The summed E-state index contributed by atoms with van der Waals surface area (Å²) in [6.07, 6.45) is 4.73. The lowest BCUT2D eigenvalue weighted by Crippen LogP contribution is -2.38. The number of nitrogens with zero attached hydrogens (tertiary/aromatic N) is 1. The summed E-state index contributed by atoms with van der Waals surface area (Å²) >= 11 is 0. The summed E-state index contributed by atoms with van der Waals surface area (Å²) in [5, 5.41) is 0. The molecule has 22 heavy (non-hydrogen) atoms. The summed E-state index contributed by atoms with van der Waals surface area (Å²) in [7, 11) is 0. The third-order valence-electron chi connectivity index (χ3n) is 2.96. The summed E-state index contributed by atoms with van der Waals surface area (Å²) in [6.45, 7) is 6.36. The van der Waals surface area contributed by atoms with Crippen LogP contribution in [-0.4, -0.2) is 36.2 Å². The zero-order chi connectivity index (χ0) is 16.4. The van der Waals surface area contributed by atoms with Gasteiger partial charge in [0, 0.05) is 12.1 Å². The van der Waals surface area contributed by atoms with Crippen LogP contribution in [0.25, 0.3) is 0 Å². The van der Waals surface area contributed by atoms with Crippen LogP contribution in [-0.2, 0) is 20.8 Å². The van der Waals surface area contributed by atoms with Crippen molar-refractivity contribution in [2.75, 3.05) is 13.2 Å². The highest BCUT2D eigenvalue weighted by atomic mass is 16.6. The fourth-order valence-corrected chi connectivity index (χ4v) is 1.86. The molecule has 0 N–H and O–H groups in total. The van der Waals surface area contributed by atoms with Crippen LogP contribution >= 0.6 is 0 Å². The number of hydrogen-bond donors (Lipinski definition) is 0. The average Bonchev–Trinajstić information content (AvgIpc) is 2.98. The fourth-order valence-electron chi connectivity index (χ4n) is 1.86. The Kier molecular flexibility index (Phi) is 7.81. The molecule has 0 radical (unpaired) electrons. The van der Waals surface area contributed by atoms with E-state index in [-0.39, 0.29) is 12.0 Å². The van der Waals surface area contributed by atoms with Crippen LogP contribution < -0.4 is 0 Å². The van der Waals surface area contributed by atoms with Crippen molar-refractivity contribution >= 4 is 12.1 Å². The molecule has 0 aliphatic heterocycles. The molecule has 122 valence electrons. The zero-order valence-electron chi connectivity index (χ0n) is 13.3. The Hall–Kier alpha value is -2.24. The van der Waals surface area contributed by atoms with E-state index in [1.54, 1.807) is 43.2 Å². The van der Waals surface area contributed by atoms with Crippen LogP contribution in [0.15, 0.2) is 35.0 Å². The molecule has 0 saturated heterocycles. The highest BCUT2D eigenvalue weighted by molar-refractivity contribution is 5.81. The van der Waals surface area contributed by atoms with Gasteiger partial charge in [-0.1, -0.05) is 6.08 Å². The maximum absolute atomic E-state index is 12.1. The molecule has 0 fully saturated rings. The molecule has 1 atom stereocenters. The minimum atomic E-state index is -0.407. The summed E-state index contributed by atoms with van der Waals surface area (Å²) in [5.74, 6) is 0.290. The van der Waals surface area contributed by atoms with E-state index in [2.05, 4.69) is 0 Å². The van der Waals surface area contributed by atoms with E-state index in [9.17, 15) is 9.59 Å². The summed E-state index contributed by atoms with van der Waals surface area (Å²) < 4.78 is 15.2. The van der Waals surface area contributed by atoms with Crippen LogP contribution in [0.2, 0.25) is 0 Å². The van der Waals surface area contributed by atoms with Gasteiger partial charge in [0.1, 0.15) is 5.76 Å². The van der Waals surface area contributed by atoms with Gasteiger partial charge >= 0.3 is 12.1 Å². The molecular formula is C16H23NO5. The normalized spacial score (nSPS) is 12.1. The van der Waals surface area contributed by atoms with Crippen LogP contribution in [0.1, 0.15) is 33.0 Å². The first-order chi connectivity index (χ1) is 10.6. The molecule has 1 amide bonds. The standard InChI is InChI=1S/C16H23NO5/c1-4-20-15(18)10-6-8-13(3)17(16(19)21-5-2)12-14-9-7-11-22-14/h6-7,9-11,13H,4-5,8,12H2,1-3H3/b10-6+. The second kappa shape index (κ2) is 9.65. The molecular weight excluding hydrogens is 286 g/mol. The van der Waals surface area contributed by atoms with Gasteiger partial charge in [-0.2, -0.15) is 0 Å². The number of furan rings is 1. The number of carbonyl (C=O) groups is 2. The predicted molar refractivity (Wildman–Crippen MR) is 81.1 cm³/mol. The number of rotatable bonds is 8. The number of amides is 1. The molecule has 0 aliphatic carbocycles. The number of ether oxygens (including phenoxy) is 2. The summed E-state index contributed by atoms with van der Waals surface area (Å²) in [6, 6.07) is 3.42.